The first-order chi connectivity index (χ1) is 13.9. The number of nitrogens with zero attached hydrogens (tertiary/aromatic N) is 4. The summed E-state index contributed by atoms with van der Waals surface area (Å²) < 4.78 is 1.28. The predicted octanol–water partition coefficient (Wildman–Crippen LogP) is 2.28. The van der Waals surface area contributed by atoms with Gasteiger partial charge in [-0.2, -0.15) is 5.10 Å². The molecule has 1 aromatic heterocycles. The zero-order valence-electron chi connectivity index (χ0n) is 17.4. The van der Waals surface area contributed by atoms with E-state index < -0.39 is 0 Å². The molecule has 4 rings (SSSR count). The molecular weight excluding hydrogens is 364 g/mol. The fraction of sp³-hybridized carbons (Fsp3) is 0.522. The molecule has 2 aromatic rings. The van der Waals surface area contributed by atoms with Gasteiger partial charge in [0.15, 0.2) is 0 Å². The summed E-state index contributed by atoms with van der Waals surface area (Å²) in [6.45, 7) is 5.56. The van der Waals surface area contributed by atoms with Crippen molar-refractivity contribution in [1.29, 1.82) is 0 Å². The van der Waals surface area contributed by atoms with Crippen molar-refractivity contribution in [2.45, 2.75) is 38.6 Å². The van der Waals surface area contributed by atoms with Crippen LogP contribution in [0.3, 0.4) is 0 Å². The Bertz CT molecular complexity index is 916. The molecule has 1 unspecified atom stereocenters. The van der Waals surface area contributed by atoms with Gasteiger partial charge in [-0.3, -0.25) is 9.59 Å². The van der Waals surface area contributed by atoms with Crippen LogP contribution in [0.25, 0.3) is 0 Å². The van der Waals surface area contributed by atoms with Crippen LogP contribution in [0.2, 0.25) is 0 Å². The SMILES string of the molecule is Cc1ccc(=O)n(CC(=O)N2CCC3(CC2)CC(c2ccccc2)CN(C)C3)n1. The fourth-order valence-electron chi connectivity index (χ4n) is 5.10. The van der Waals surface area contributed by atoms with Gasteiger partial charge in [-0.1, -0.05) is 30.3 Å². The van der Waals surface area contributed by atoms with Crippen molar-refractivity contribution >= 4 is 5.91 Å². The number of hydrogen-bond donors (Lipinski definition) is 0. The van der Waals surface area contributed by atoms with Gasteiger partial charge in [-0.15, -0.1) is 0 Å². The van der Waals surface area contributed by atoms with Gasteiger partial charge < -0.3 is 9.80 Å². The van der Waals surface area contributed by atoms with E-state index in [0.29, 0.717) is 5.92 Å². The lowest BCUT2D eigenvalue weighted by molar-refractivity contribution is -0.135. The lowest BCUT2D eigenvalue weighted by atomic mass is 9.68. The number of aryl methyl sites for hydroxylation is 1. The Labute approximate surface area is 172 Å². The van der Waals surface area contributed by atoms with E-state index >= 15 is 0 Å². The Kier molecular flexibility index (Phi) is 5.54. The van der Waals surface area contributed by atoms with Crippen molar-refractivity contribution in [2.24, 2.45) is 5.41 Å². The molecule has 0 radical (unpaired) electrons. The summed E-state index contributed by atoms with van der Waals surface area (Å²) >= 11 is 0. The van der Waals surface area contributed by atoms with E-state index in [1.807, 2.05) is 11.8 Å². The van der Waals surface area contributed by atoms with Crippen molar-refractivity contribution in [2.75, 3.05) is 33.2 Å². The predicted molar refractivity (Wildman–Crippen MR) is 113 cm³/mol. The third kappa shape index (κ3) is 4.42. The molecule has 2 aliphatic heterocycles. The molecule has 2 saturated heterocycles. The minimum Gasteiger partial charge on any atom is -0.341 e. The van der Waals surface area contributed by atoms with E-state index in [1.165, 1.54) is 22.7 Å². The van der Waals surface area contributed by atoms with Gasteiger partial charge in [0.2, 0.25) is 5.91 Å². The molecule has 0 saturated carbocycles. The first kappa shape index (κ1) is 19.8. The van der Waals surface area contributed by atoms with Crippen molar-refractivity contribution in [3.05, 3.63) is 64.1 Å². The Balaban J connectivity index is 1.41. The zero-order valence-corrected chi connectivity index (χ0v) is 17.4. The molecule has 0 aliphatic carbocycles. The molecule has 0 N–H and O–H groups in total. The first-order valence-electron chi connectivity index (χ1n) is 10.5. The number of amides is 1. The van der Waals surface area contributed by atoms with E-state index in [1.54, 1.807) is 6.07 Å². The monoisotopic (exact) mass is 394 g/mol. The van der Waals surface area contributed by atoms with Gasteiger partial charge in [-0.25, -0.2) is 4.68 Å². The quantitative estimate of drug-likeness (QED) is 0.801. The highest BCUT2D eigenvalue weighted by Crippen LogP contribution is 2.44. The number of hydrogen-bond acceptors (Lipinski definition) is 4. The van der Waals surface area contributed by atoms with E-state index in [0.717, 1.165) is 44.7 Å². The Morgan fingerprint density at radius 2 is 1.86 bits per heavy atom. The number of benzene rings is 1. The Morgan fingerprint density at radius 3 is 2.59 bits per heavy atom. The topological polar surface area (TPSA) is 58.4 Å². The van der Waals surface area contributed by atoms with Crippen LogP contribution in [0.4, 0.5) is 0 Å². The lowest BCUT2D eigenvalue weighted by Gasteiger charge is -2.49. The third-order valence-electron chi connectivity index (χ3n) is 6.55. The molecular formula is C23H30N4O2. The number of rotatable bonds is 3. The second-order valence-corrected chi connectivity index (χ2v) is 8.86. The maximum atomic E-state index is 12.8. The molecule has 1 atom stereocenters. The average molecular weight is 395 g/mol. The number of likely N-dealkylation sites (tertiary alicyclic amines) is 2. The number of aromatic nitrogens is 2. The van der Waals surface area contributed by atoms with E-state index in [4.69, 9.17) is 0 Å². The highest BCUT2D eigenvalue weighted by molar-refractivity contribution is 5.76. The van der Waals surface area contributed by atoms with Crippen LogP contribution in [-0.2, 0) is 11.3 Å². The molecule has 0 bridgehead atoms. The highest BCUT2D eigenvalue weighted by atomic mass is 16.2. The number of piperidine rings is 2. The average Bonchev–Trinajstić information content (AvgIpc) is 2.71. The van der Waals surface area contributed by atoms with Crippen molar-refractivity contribution in [3.63, 3.8) is 0 Å². The van der Waals surface area contributed by atoms with Crippen LogP contribution in [-0.4, -0.2) is 58.7 Å². The number of likely N-dealkylation sites (N-methyl/N-ethyl adjacent to an activating group) is 1. The molecule has 3 heterocycles. The van der Waals surface area contributed by atoms with Crippen LogP contribution in [0.5, 0.6) is 0 Å². The summed E-state index contributed by atoms with van der Waals surface area (Å²) in [6.07, 6.45) is 3.22. The van der Waals surface area contributed by atoms with Gasteiger partial charge in [0.1, 0.15) is 6.54 Å². The van der Waals surface area contributed by atoms with E-state index in [-0.39, 0.29) is 23.4 Å². The summed E-state index contributed by atoms with van der Waals surface area (Å²) in [7, 11) is 2.21. The summed E-state index contributed by atoms with van der Waals surface area (Å²) in [5.74, 6) is 0.538. The smallest absolute Gasteiger partial charge is 0.267 e. The van der Waals surface area contributed by atoms with Crippen LogP contribution >= 0.6 is 0 Å². The van der Waals surface area contributed by atoms with Crippen LogP contribution < -0.4 is 5.56 Å². The highest BCUT2D eigenvalue weighted by Gasteiger charge is 2.42. The second kappa shape index (κ2) is 8.11. The summed E-state index contributed by atoms with van der Waals surface area (Å²) in [5.41, 5.74) is 2.20. The number of carbonyl (C=O) groups excluding carboxylic acids is 1. The summed E-state index contributed by atoms with van der Waals surface area (Å²) in [6, 6.07) is 14.0. The zero-order chi connectivity index (χ0) is 20.4. The normalized spacial score (nSPS) is 22.0. The van der Waals surface area contributed by atoms with Crippen LogP contribution in [0, 0.1) is 12.3 Å². The van der Waals surface area contributed by atoms with Crippen LogP contribution in [0.1, 0.15) is 36.4 Å². The molecule has 6 nitrogen and oxygen atoms in total. The van der Waals surface area contributed by atoms with Crippen molar-refractivity contribution in [3.8, 4) is 0 Å². The first-order valence-corrected chi connectivity index (χ1v) is 10.5. The van der Waals surface area contributed by atoms with Gasteiger partial charge in [-0.05, 0) is 56.2 Å². The molecule has 1 spiro atoms. The minimum atomic E-state index is -0.225. The molecule has 6 heteroatoms. The lowest BCUT2D eigenvalue weighted by Crippen LogP contribution is -2.52. The largest absolute Gasteiger partial charge is 0.341 e. The van der Waals surface area contributed by atoms with Crippen molar-refractivity contribution < 1.29 is 4.79 Å². The Morgan fingerprint density at radius 1 is 1.14 bits per heavy atom. The second-order valence-electron chi connectivity index (χ2n) is 8.86. The van der Waals surface area contributed by atoms with Gasteiger partial charge in [0.05, 0.1) is 5.69 Å². The summed E-state index contributed by atoms with van der Waals surface area (Å²) in [4.78, 5) is 29.1. The van der Waals surface area contributed by atoms with E-state index in [9.17, 15) is 9.59 Å². The maximum Gasteiger partial charge on any atom is 0.267 e. The summed E-state index contributed by atoms with van der Waals surface area (Å²) in [5, 5.41) is 4.19. The number of carbonyl (C=O) groups is 1. The van der Waals surface area contributed by atoms with E-state index in [2.05, 4.69) is 47.4 Å². The molecule has 154 valence electrons. The van der Waals surface area contributed by atoms with Gasteiger partial charge in [0, 0.05) is 32.2 Å². The molecule has 2 fully saturated rings. The molecule has 1 amide bonds. The molecule has 1 aromatic carbocycles. The minimum absolute atomic E-state index is 0.0103. The molecule has 29 heavy (non-hydrogen) atoms. The molecule has 2 aliphatic rings. The third-order valence-corrected chi connectivity index (χ3v) is 6.55. The van der Waals surface area contributed by atoms with Gasteiger partial charge in [0.25, 0.3) is 5.56 Å². The standard InChI is InChI=1S/C23H30N4O2/c1-18-8-9-21(28)27(24-18)16-22(29)26-12-10-23(11-13-26)14-20(15-25(2)17-23)19-6-4-3-5-7-19/h3-9,20H,10-17H2,1-2H3. The van der Waals surface area contributed by atoms with Crippen molar-refractivity contribution in [1.82, 2.24) is 19.6 Å². The maximum absolute atomic E-state index is 12.8. The van der Waals surface area contributed by atoms with Gasteiger partial charge >= 0.3 is 0 Å². The Hall–Kier alpha value is -2.47. The van der Waals surface area contributed by atoms with Crippen LogP contribution in [0.15, 0.2) is 47.3 Å². The fourth-order valence-corrected chi connectivity index (χ4v) is 5.10.